The number of hydrogen-bond acceptors (Lipinski definition) is 4. The summed E-state index contributed by atoms with van der Waals surface area (Å²) >= 11 is 5.89. The third kappa shape index (κ3) is 6.59. The lowest BCUT2D eigenvalue weighted by atomic mass is 10.1. The summed E-state index contributed by atoms with van der Waals surface area (Å²) in [6, 6.07) is 20.5. The minimum Gasteiger partial charge on any atom is -0.376 e. The molecule has 0 radical (unpaired) electrons. The fourth-order valence-electron chi connectivity index (χ4n) is 3.34. The molecule has 3 rings (SSSR count). The Morgan fingerprint density at radius 2 is 1.38 bits per heavy atom. The lowest BCUT2D eigenvalue weighted by molar-refractivity contribution is -0.114. The van der Waals surface area contributed by atoms with Crippen molar-refractivity contribution in [3.8, 4) is 0 Å². The number of hydrogen-bond donors (Lipinski definition) is 3. The number of nitrogens with one attached hydrogen (secondary N) is 3. The molecule has 3 aromatic rings. The second-order valence-corrected chi connectivity index (χ2v) is 7.90. The van der Waals surface area contributed by atoms with E-state index in [1.54, 1.807) is 77.7 Å². The number of halogens is 1. The molecule has 176 valence electrons. The SMILES string of the molecule is CCN(CC)C(=O)c1ccc(NC(=O)CNc2ccccc2C(=O)Nc2ccc(Cl)cc2)cc1. The quantitative estimate of drug-likeness (QED) is 0.398. The number of benzene rings is 3. The molecule has 0 saturated carbocycles. The van der Waals surface area contributed by atoms with Crippen LogP contribution >= 0.6 is 11.6 Å². The summed E-state index contributed by atoms with van der Waals surface area (Å²) in [5.74, 6) is -0.631. The topological polar surface area (TPSA) is 90.5 Å². The Morgan fingerprint density at radius 3 is 2.03 bits per heavy atom. The van der Waals surface area contributed by atoms with E-state index in [-0.39, 0.29) is 24.3 Å². The molecule has 8 heteroatoms. The molecule has 0 aliphatic carbocycles. The largest absolute Gasteiger partial charge is 0.376 e. The van der Waals surface area contributed by atoms with E-state index in [0.29, 0.717) is 46.3 Å². The van der Waals surface area contributed by atoms with Crippen LogP contribution in [0.5, 0.6) is 0 Å². The number of carbonyl (C=O) groups is 3. The van der Waals surface area contributed by atoms with Crippen LogP contribution in [0.25, 0.3) is 0 Å². The third-order valence-corrected chi connectivity index (χ3v) is 5.43. The fraction of sp³-hybridized carbons (Fsp3) is 0.192. The molecule has 7 nitrogen and oxygen atoms in total. The summed E-state index contributed by atoms with van der Waals surface area (Å²) < 4.78 is 0. The Labute approximate surface area is 204 Å². The van der Waals surface area contributed by atoms with Crippen LogP contribution < -0.4 is 16.0 Å². The van der Waals surface area contributed by atoms with Gasteiger partial charge in [-0.15, -0.1) is 0 Å². The van der Waals surface area contributed by atoms with Crippen LogP contribution in [-0.4, -0.2) is 42.3 Å². The van der Waals surface area contributed by atoms with E-state index >= 15 is 0 Å². The predicted octanol–water partition coefficient (Wildman–Crippen LogP) is 5.12. The first kappa shape index (κ1) is 24.8. The summed E-state index contributed by atoms with van der Waals surface area (Å²) in [6.45, 7) is 5.10. The summed E-state index contributed by atoms with van der Waals surface area (Å²) in [7, 11) is 0. The van der Waals surface area contributed by atoms with Crippen molar-refractivity contribution in [1.29, 1.82) is 0 Å². The first-order valence-corrected chi connectivity index (χ1v) is 11.4. The molecule has 0 bridgehead atoms. The van der Waals surface area contributed by atoms with Crippen molar-refractivity contribution in [3.05, 3.63) is 88.9 Å². The summed E-state index contributed by atoms with van der Waals surface area (Å²) in [4.78, 5) is 39.3. The fourth-order valence-corrected chi connectivity index (χ4v) is 3.46. The molecule has 0 heterocycles. The predicted molar refractivity (Wildman–Crippen MR) is 137 cm³/mol. The van der Waals surface area contributed by atoms with Crippen LogP contribution in [0.3, 0.4) is 0 Å². The number of nitrogens with zero attached hydrogens (tertiary/aromatic N) is 1. The van der Waals surface area contributed by atoms with Gasteiger partial charge >= 0.3 is 0 Å². The molecule has 0 fully saturated rings. The number of amides is 3. The molecular weight excluding hydrogens is 452 g/mol. The van der Waals surface area contributed by atoms with Crippen LogP contribution in [0.4, 0.5) is 17.1 Å². The lowest BCUT2D eigenvalue weighted by Gasteiger charge is -2.18. The number of para-hydroxylation sites is 1. The molecule has 0 aliphatic rings. The van der Waals surface area contributed by atoms with Gasteiger partial charge in [0.05, 0.1) is 12.1 Å². The van der Waals surface area contributed by atoms with Gasteiger partial charge in [-0.1, -0.05) is 23.7 Å². The zero-order chi connectivity index (χ0) is 24.5. The Hall–Kier alpha value is -3.84. The molecule has 0 saturated heterocycles. The van der Waals surface area contributed by atoms with Gasteiger partial charge in [-0.2, -0.15) is 0 Å². The summed E-state index contributed by atoms with van der Waals surface area (Å²) in [5.41, 5.74) is 2.70. The monoisotopic (exact) mass is 478 g/mol. The van der Waals surface area contributed by atoms with Crippen molar-refractivity contribution in [3.63, 3.8) is 0 Å². The zero-order valence-corrected chi connectivity index (χ0v) is 19.9. The van der Waals surface area contributed by atoms with E-state index in [2.05, 4.69) is 16.0 Å². The Balaban J connectivity index is 1.58. The minimum atomic E-state index is -0.306. The maximum atomic E-state index is 12.7. The standard InChI is InChI=1S/C26H27ClN4O3/c1-3-31(4-2)26(34)18-9-13-20(14-10-18)29-24(32)17-28-23-8-6-5-7-22(23)25(33)30-21-15-11-19(27)12-16-21/h5-16,28H,3-4,17H2,1-2H3,(H,29,32)(H,30,33). The third-order valence-electron chi connectivity index (χ3n) is 5.18. The molecule has 0 aliphatic heterocycles. The highest BCUT2D eigenvalue weighted by Gasteiger charge is 2.14. The molecule has 34 heavy (non-hydrogen) atoms. The van der Waals surface area contributed by atoms with E-state index in [0.717, 1.165) is 0 Å². The molecular formula is C26H27ClN4O3. The van der Waals surface area contributed by atoms with Crippen molar-refractivity contribution in [2.45, 2.75) is 13.8 Å². The smallest absolute Gasteiger partial charge is 0.257 e. The second kappa shape index (κ2) is 11.9. The molecule has 0 atom stereocenters. The summed E-state index contributed by atoms with van der Waals surface area (Å²) in [5, 5.41) is 9.20. The van der Waals surface area contributed by atoms with Crippen molar-refractivity contribution < 1.29 is 14.4 Å². The highest BCUT2D eigenvalue weighted by Crippen LogP contribution is 2.19. The first-order chi connectivity index (χ1) is 16.4. The van der Waals surface area contributed by atoms with Gasteiger partial charge in [0.2, 0.25) is 5.91 Å². The number of rotatable bonds is 9. The highest BCUT2D eigenvalue weighted by molar-refractivity contribution is 6.30. The van der Waals surface area contributed by atoms with E-state index in [1.807, 2.05) is 13.8 Å². The minimum absolute atomic E-state index is 0.0363. The average Bonchev–Trinajstić information content (AvgIpc) is 2.85. The normalized spacial score (nSPS) is 10.3. The zero-order valence-electron chi connectivity index (χ0n) is 19.1. The Morgan fingerprint density at radius 1 is 0.794 bits per heavy atom. The van der Waals surface area contributed by atoms with Gasteiger partial charge in [0.1, 0.15) is 0 Å². The van der Waals surface area contributed by atoms with Gasteiger partial charge in [0.25, 0.3) is 11.8 Å². The van der Waals surface area contributed by atoms with Crippen molar-refractivity contribution in [2.24, 2.45) is 0 Å². The van der Waals surface area contributed by atoms with Crippen LogP contribution in [-0.2, 0) is 4.79 Å². The van der Waals surface area contributed by atoms with E-state index in [4.69, 9.17) is 11.6 Å². The van der Waals surface area contributed by atoms with Gasteiger partial charge in [0, 0.05) is 40.7 Å². The van der Waals surface area contributed by atoms with E-state index in [9.17, 15) is 14.4 Å². The van der Waals surface area contributed by atoms with Crippen molar-refractivity contribution in [1.82, 2.24) is 4.90 Å². The van der Waals surface area contributed by atoms with Gasteiger partial charge in [-0.25, -0.2) is 0 Å². The van der Waals surface area contributed by atoms with Crippen LogP contribution in [0.1, 0.15) is 34.6 Å². The molecule has 3 amide bonds. The molecule has 3 N–H and O–H groups in total. The lowest BCUT2D eigenvalue weighted by Crippen LogP contribution is -2.30. The number of anilines is 3. The van der Waals surface area contributed by atoms with Crippen LogP contribution in [0.2, 0.25) is 5.02 Å². The Kier molecular flexibility index (Phi) is 8.65. The van der Waals surface area contributed by atoms with Gasteiger partial charge < -0.3 is 20.9 Å². The maximum absolute atomic E-state index is 12.7. The van der Waals surface area contributed by atoms with Crippen molar-refractivity contribution in [2.75, 3.05) is 35.6 Å². The highest BCUT2D eigenvalue weighted by atomic mass is 35.5. The Bertz CT molecular complexity index is 1140. The van der Waals surface area contributed by atoms with Crippen molar-refractivity contribution >= 4 is 46.4 Å². The van der Waals surface area contributed by atoms with Gasteiger partial charge in [0.15, 0.2) is 0 Å². The number of carbonyl (C=O) groups excluding carboxylic acids is 3. The molecule has 3 aromatic carbocycles. The van der Waals surface area contributed by atoms with Gasteiger partial charge in [-0.3, -0.25) is 14.4 Å². The maximum Gasteiger partial charge on any atom is 0.257 e. The van der Waals surface area contributed by atoms with E-state index < -0.39 is 0 Å². The molecule has 0 spiro atoms. The van der Waals surface area contributed by atoms with E-state index in [1.165, 1.54) is 0 Å². The average molecular weight is 479 g/mol. The van der Waals surface area contributed by atoms with Gasteiger partial charge in [-0.05, 0) is 74.5 Å². The molecule has 0 aromatic heterocycles. The van der Waals surface area contributed by atoms with Crippen LogP contribution in [0, 0.1) is 0 Å². The van der Waals surface area contributed by atoms with Crippen LogP contribution in [0.15, 0.2) is 72.8 Å². The second-order valence-electron chi connectivity index (χ2n) is 7.46. The first-order valence-electron chi connectivity index (χ1n) is 11.0. The molecule has 0 unspecified atom stereocenters. The summed E-state index contributed by atoms with van der Waals surface area (Å²) in [6.07, 6.45) is 0.